The van der Waals surface area contributed by atoms with Crippen LogP contribution in [0.3, 0.4) is 0 Å². The smallest absolute Gasteiger partial charge is 0.187 e. The number of halogens is 3. The Morgan fingerprint density at radius 1 is 1.33 bits per heavy atom. The van der Waals surface area contributed by atoms with Gasteiger partial charge in [0.25, 0.3) is 0 Å². The van der Waals surface area contributed by atoms with Crippen LogP contribution in [0.4, 0.5) is 9.52 Å². The van der Waals surface area contributed by atoms with Crippen molar-refractivity contribution >= 4 is 39.7 Å². The van der Waals surface area contributed by atoms with Gasteiger partial charge >= 0.3 is 0 Å². The molecule has 96 valence electrons. The van der Waals surface area contributed by atoms with Crippen LogP contribution in [-0.2, 0) is 12.4 Å². The van der Waals surface area contributed by atoms with Gasteiger partial charge in [0.15, 0.2) is 5.13 Å². The van der Waals surface area contributed by atoms with Crippen molar-refractivity contribution in [3.63, 3.8) is 0 Å². The largest absolute Gasteiger partial charge is 0.347 e. The summed E-state index contributed by atoms with van der Waals surface area (Å²) in [7, 11) is 1.91. The molecule has 0 unspecified atom stereocenters. The Bertz CT molecular complexity index is 527. The summed E-state index contributed by atoms with van der Waals surface area (Å²) in [6.45, 7) is 0.645. The van der Waals surface area contributed by atoms with E-state index in [9.17, 15) is 4.39 Å². The molecule has 2 rings (SSSR count). The Balaban J connectivity index is 2.11. The van der Waals surface area contributed by atoms with Crippen molar-refractivity contribution in [2.24, 2.45) is 0 Å². The molecule has 0 saturated carbocycles. The minimum atomic E-state index is -0.233. The summed E-state index contributed by atoms with van der Waals surface area (Å²) in [5, 5.41) is 1.26. The molecule has 0 amide bonds. The summed E-state index contributed by atoms with van der Waals surface area (Å²) in [6, 6.07) is 6.40. The molecule has 18 heavy (non-hydrogen) atoms. The summed E-state index contributed by atoms with van der Waals surface area (Å²) < 4.78 is 12.8. The fraction of sp³-hybridized carbons (Fsp3) is 0.250. The molecule has 0 spiro atoms. The third kappa shape index (κ3) is 3.13. The molecule has 0 saturated heterocycles. The third-order valence-electron chi connectivity index (χ3n) is 2.42. The number of thiazole rings is 1. The van der Waals surface area contributed by atoms with Crippen LogP contribution in [-0.4, -0.2) is 12.0 Å². The van der Waals surface area contributed by atoms with Crippen molar-refractivity contribution in [1.29, 1.82) is 0 Å². The molecule has 0 aliphatic rings. The first-order valence-electron chi connectivity index (χ1n) is 5.27. The molecule has 0 atom stereocenters. The van der Waals surface area contributed by atoms with Crippen molar-refractivity contribution in [2.75, 3.05) is 11.9 Å². The van der Waals surface area contributed by atoms with Gasteiger partial charge in [-0.15, -0.1) is 11.6 Å². The number of aromatic nitrogens is 1. The van der Waals surface area contributed by atoms with Gasteiger partial charge < -0.3 is 4.90 Å². The van der Waals surface area contributed by atoms with Crippen LogP contribution in [0.2, 0.25) is 5.15 Å². The standard InChI is InChI=1S/C12H11Cl2FN2S/c1-17(7-8-2-4-9(15)5-3-8)12-16-11(14)10(6-13)18-12/h2-5H,6-7H2,1H3. The van der Waals surface area contributed by atoms with E-state index in [4.69, 9.17) is 23.2 Å². The average molecular weight is 305 g/mol. The monoisotopic (exact) mass is 304 g/mol. The van der Waals surface area contributed by atoms with Crippen molar-refractivity contribution in [3.8, 4) is 0 Å². The van der Waals surface area contributed by atoms with E-state index in [1.165, 1.54) is 23.5 Å². The van der Waals surface area contributed by atoms with E-state index in [0.717, 1.165) is 15.6 Å². The Hall–Kier alpha value is -0.840. The molecule has 2 nitrogen and oxygen atoms in total. The lowest BCUT2D eigenvalue weighted by atomic mass is 10.2. The number of benzene rings is 1. The second-order valence-electron chi connectivity index (χ2n) is 3.83. The molecule has 0 radical (unpaired) electrons. The summed E-state index contributed by atoms with van der Waals surface area (Å²) in [6.07, 6.45) is 0. The topological polar surface area (TPSA) is 16.1 Å². The molecular weight excluding hydrogens is 294 g/mol. The molecule has 2 aromatic rings. The van der Waals surface area contributed by atoms with Gasteiger partial charge in [-0.3, -0.25) is 0 Å². The third-order valence-corrected chi connectivity index (χ3v) is 4.44. The highest BCUT2D eigenvalue weighted by atomic mass is 35.5. The zero-order valence-corrected chi connectivity index (χ0v) is 12.0. The first-order chi connectivity index (χ1) is 8.60. The van der Waals surface area contributed by atoms with E-state index in [1.54, 1.807) is 12.1 Å². The molecule has 0 bridgehead atoms. The molecule has 1 aromatic carbocycles. The van der Waals surface area contributed by atoms with Gasteiger partial charge in [0, 0.05) is 13.6 Å². The lowest BCUT2D eigenvalue weighted by molar-refractivity contribution is 0.627. The molecule has 0 N–H and O–H groups in total. The minimum Gasteiger partial charge on any atom is -0.347 e. The van der Waals surface area contributed by atoms with E-state index in [0.29, 0.717) is 17.6 Å². The summed E-state index contributed by atoms with van der Waals surface area (Å²) in [5.41, 5.74) is 1.01. The van der Waals surface area contributed by atoms with Crippen molar-refractivity contribution < 1.29 is 4.39 Å². The lowest BCUT2D eigenvalue weighted by Crippen LogP contribution is -2.15. The van der Waals surface area contributed by atoms with Crippen molar-refractivity contribution in [2.45, 2.75) is 12.4 Å². The SMILES string of the molecule is CN(Cc1ccc(F)cc1)c1nc(Cl)c(CCl)s1. The minimum absolute atomic E-state index is 0.233. The summed E-state index contributed by atoms with van der Waals surface area (Å²) >= 11 is 13.2. The van der Waals surface area contributed by atoms with Gasteiger partial charge in [0.2, 0.25) is 0 Å². The number of anilines is 1. The zero-order valence-electron chi connectivity index (χ0n) is 9.66. The number of rotatable bonds is 4. The Kier molecular flexibility index (Phi) is 4.43. The van der Waals surface area contributed by atoms with E-state index < -0.39 is 0 Å². The van der Waals surface area contributed by atoms with Crippen LogP contribution in [0, 0.1) is 5.82 Å². The van der Waals surface area contributed by atoms with Gasteiger partial charge in [-0.1, -0.05) is 35.1 Å². The highest BCUT2D eigenvalue weighted by molar-refractivity contribution is 7.16. The molecule has 0 aliphatic carbocycles. The highest BCUT2D eigenvalue weighted by Crippen LogP contribution is 2.30. The lowest BCUT2D eigenvalue weighted by Gasteiger charge is -2.15. The van der Waals surface area contributed by atoms with Gasteiger partial charge in [0.05, 0.1) is 10.8 Å². The predicted octanol–water partition coefficient (Wildman–Crippen LogP) is 4.31. The maximum atomic E-state index is 12.8. The van der Waals surface area contributed by atoms with Gasteiger partial charge in [-0.05, 0) is 17.7 Å². The average Bonchev–Trinajstić information content (AvgIpc) is 2.73. The van der Waals surface area contributed by atoms with Crippen LogP contribution in [0.1, 0.15) is 10.4 Å². The van der Waals surface area contributed by atoms with Crippen LogP contribution in [0.25, 0.3) is 0 Å². The molecular formula is C12H11Cl2FN2S. The van der Waals surface area contributed by atoms with Crippen LogP contribution in [0.5, 0.6) is 0 Å². The van der Waals surface area contributed by atoms with E-state index in [1.807, 2.05) is 11.9 Å². The summed E-state index contributed by atoms with van der Waals surface area (Å²) in [4.78, 5) is 7.07. The fourth-order valence-corrected chi connectivity index (χ4v) is 2.93. The van der Waals surface area contributed by atoms with Gasteiger partial charge in [0.1, 0.15) is 11.0 Å². The maximum Gasteiger partial charge on any atom is 0.187 e. The number of alkyl halides is 1. The van der Waals surface area contributed by atoms with E-state index in [2.05, 4.69) is 4.98 Å². The molecule has 1 heterocycles. The molecule has 0 aliphatic heterocycles. The van der Waals surface area contributed by atoms with Gasteiger partial charge in [-0.25, -0.2) is 9.37 Å². The normalized spacial score (nSPS) is 10.7. The highest BCUT2D eigenvalue weighted by Gasteiger charge is 2.12. The number of nitrogens with zero attached hydrogens (tertiary/aromatic N) is 2. The van der Waals surface area contributed by atoms with Crippen LogP contribution >= 0.6 is 34.5 Å². The van der Waals surface area contributed by atoms with E-state index in [-0.39, 0.29) is 5.82 Å². The summed E-state index contributed by atoms with van der Waals surface area (Å²) in [5.74, 6) is 0.129. The first kappa shape index (κ1) is 13.6. The van der Waals surface area contributed by atoms with Crippen molar-refractivity contribution in [3.05, 3.63) is 45.7 Å². The Morgan fingerprint density at radius 3 is 2.56 bits per heavy atom. The quantitative estimate of drug-likeness (QED) is 0.782. The first-order valence-corrected chi connectivity index (χ1v) is 7.00. The van der Waals surface area contributed by atoms with Crippen molar-refractivity contribution in [1.82, 2.24) is 4.98 Å². The van der Waals surface area contributed by atoms with Crippen LogP contribution < -0.4 is 4.90 Å². The van der Waals surface area contributed by atoms with Gasteiger partial charge in [-0.2, -0.15) is 0 Å². The van der Waals surface area contributed by atoms with E-state index >= 15 is 0 Å². The second kappa shape index (κ2) is 5.87. The zero-order chi connectivity index (χ0) is 13.1. The Morgan fingerprint density at radius 2 is 2.00 bits per heavy atom. The fourth-order valence-electron chi connectivity index (χ4n) is 1.50. The molecule has 1 aromatic heterocycles. The predicted molar refractivity (Wildman–Crippen MR) is 75.2 cm³/mol. The molecule has 6 heteroatoms. The number of hydrogen-bond acceptors (Lipinski definition) is 3. The van der Waals surface area contributed by atoms with Crippen LogP contribution in [0.15, 0.2) is 24.3 Å². The second-order valence-corrected chi connectivity index (χ2v) is 5.51. The maximum absolute atomic E-state index is 12.8. The Labute approximate surface area is 119 Å². The molecule has 0 fully saturated rings. The number of hydrogen-bond donors (Lipinski definition) is 0.